The lowest BCUT2D eigenvalue weighted by Gasteiger charge is -2.05. The third-order valence-electron chi connectivity index (χ3n) is 2.28. The summed E-state index contributed by atoms with van der Waals surface area (Å²) in [6, 6.07) is 0. The third kappa shape index (κ3) is 2.34. The molecule has 1 rings (SSSR count). The number of halogens is 3. The number of carbonyl (C=O) groups is 1. The first-order valence-electron chi connectivity index (χ1n) is 4.43. The number of nitrogens with zero attached hydrogens (tertiary/aromatic N) is 2. The van der Waals surface area contributed by atoms with Crippen molar-refractivity contribution in [2.24, 2.45) is 7.05 Å². The van der Waals surface area contributed by atoms with Crippen LogP contribution in [0.2, 0.25) is 0 Å². The van der Waals surface area contributed by atoms with Crippen molar-refractivity contribution in [2.75, 3.05) is 7.11 Å². The zero-order valence-electron chi connectivity index (χ0n) is 9.05. The summed E-state index contributed by atoms with van der Waals surface area (Å²) in [5.74, 6) is -0.721. The number of ether oxygens (including phenoxy) is 1. The number of methoxy groups -OCH3 is 1. The number of rotatable bonds is 2. The number of hydrogen-bond donors (Lipinski definition) is 0. The van der Waals surface area contributed by atoms with Gasteiger partial charge in [0.05, 0.1) is 13.5 Å². The molecule has 0 radical (unpaired) electrons. The fraction of sp³-hybridized carbons (Fsp3) is 0.556. The Balaban J connectivity index is 3.19. The molecule has 0 aliphatic rings. The molecule has 0 aliphatic heterocycles. The van der Waals surface area contributed by atoms with Gasteiger partial charge in [-0.1, -0.05) is 0 Å². The average Bonchev–Trinajstić information content (AvgIpc) is 2.45. The van der Waals surface area contributed by atoms with Crippen molar-refractivity contribution in [3.05, 3.63) is 17.0 Å². The van der Waals surface area contributed by atoms with Crippen LogP contribution in [-0.2, 0) is 29.2 Å². The Hall–Kier alpha value is -1.53. The van der Waals surface area contributed by atoms with Gasteiger partial charge >= 0.3 is 12.1 Å². The molecule has 1 heterocycles. The molecule has 0 unspecified atom stereocenters. The van der Waals surface area contributed by atoms with Gasteiger partial charge in [0.25, 0.3) is 0 Å². The van der Waals surface area contributed by atoms with Crippen LogP contribution in [0.15, 0.2) is 0 Å². The molecule has 16 heavy (non-hydrogen) atoms. The molecule has 0 spiro atoms. The second kappa shape index (κ2) is 4.15. The van der Waals surface area contributed by atoms with Gasteiger partial charge in [0.15, 0.2) is 5.69 Å². The molecule has 0 atom stereocenters. The highest BCUT2D eigenvalue weighted by Crippen LogP contribution is 2.32. The third-order valence-corrected chi connectivity index (χ3v) is 2.28. The second-order valence-electron chi connectivity index (χ2n) is 3.29. The van der Waals surface area contributed by atoms with E-state index < -0.39 is 24.3 Å². The van der Waals surface area contributed by atoms with E-state index in [0.717, 1.165) is 11.8 Å². The van der Waals surface area contributed by atoms with Gasteiger partial charge < -0.3 is 4.74 Å². The molecule has 0 saturated carbocycles. The summed E-state index contributed by atoms with van der Waals surface area (Å²) in [6.45, 7) is 1.47. The highest BCUT2D eigenvalue weighted by Gasteiger charge is 2.38. The van der Waals surface area contributed by atoms with E-state index in [1.165, 1.54) is 14.0 Å². The van der Waals surface area contributed by atoms with Crippen LogP contribution in [0.1, 0.15) is 17.0 Å². The molecule has 0 amide bonds. The van der Waals surface area contributed by atoms with Crippen molar-refractivity contribution in [1.82, 2.24) is 9.78 Å². The van der Waals surface area contributed by atoms with Crippen LogP contribution in [0.5, 0.6) is 0 Å². The molecule has 7 heteroatoms. The first-order valence-corrected chi connectivity index (χ1v) is 4.43. The van der Waals surface area contributed by atoms with Crippen molar-refractivity contribution >= 4 is 5.97 Å². The molecule has 4 nitrogen and oxygen atoms in total. The number of alkyl halides is 3. The van der Waals surface area contributed by atoms with E-state index in [1.54, 1.807) is 0 Å². The van der Waals surface area contributed by atoms with E-state index in [0.29, 0.717) is 5.69 Å². The summed E-state index contributed by atoms with van der Waals surface area (Å²) in [5.41, 5.74) is -0.863. The largest absolute Gasteiger partial charge is 0.469 e. The van der Waals surface area contributed by atoms with E-state index in [4.69, 9.17) is 0 Å². The van der Waals surface area contributed by atoms with E-state index in [2.05, 4.69) is 9.84 Å². The van der Waals surface area contributed by atoms with Crippen LogP contribution in [-0.4, -0.2) is 22.9 Å². The lowest BCUT2D eigenvalue weighted by atomic mass is 10.1. The predicted molar refractivity (Wildman–Crippen MR) is 48.7 cm³/mol. The van der Waals surface area contributed by atoms with Gasteiger partial charge in [-0.3, -0.25) is 9.48 Å². The summed E-state index contributed by atoms with van der Waals surface area (Å²) < 4.78 is 43.1. The highest BCUT2D eigenvalue weighted by molar-refractivity contribution is 5.73. The van der Waals surface area contributed by atoms with Crippen LogP contribution in [0.25, 0.3) is 0 Å². The van der Waals surface area contributed by atoms with Crippen molar-refractivity contribution in [1.29, 1.82) is 0 Å². The summed E-state index contributed by atoms with van der Waals surface area (Å²) in [7, 11) is 2.52. The lowest BCUT2D eigenvalue weighted by molar-refractivity contribution is -0.143. The van der Waals surface area contributed by atoms with Crippen LogP contribution < -0.4 is 0 Å². The molecule has 0 fully saturated rings. The smallest absolute Gasteiger partial charge is 0.435 e. The number of carbonyl (C=O) groups excluding carboxylic acids is 1. The Kier molecular flexibility index (Phi) is 3.25. The maximum atomic E-state index is 12.6. The molecule has 0 N–H and O–H groups in total. The quantitative estimate of drug-likeness (QED) is 0.730. The topological polar surface area (TPSA) is 44.1 Å². The number of aryl methyl sites for hydroxylation is 1. The molecule has 1 aromatic heterocycles. The summed E-state index contributed by atoms with van der Waals surface area (Å²) >= 11 is 0. The zero-order valence-corrected chi connectivity index (χ0v) is 9.05. The molecule has 0 aliphatic carbocycles. The van der Waals surface area contributed by atoms with Crippen LogP contribution >= 0.6 is 0 Å². The summed E-state index contributed by atoms with van der Waals surface area (Å²) in [4.78, 5) is 11.0. The highest BCUT2D eigenvalue weighted by atomic mass is 19.4. The average molecular weight is 236 g/mol. The molecular formula is C9H11F3N2O2. The maximum absolute atomic E-state index is 12.6. The van der Waals surface area contributed by atoms with E-state index >= 15 is 0 Å². The Morgan fingerprint density at radius 2 is 2.06 bits per heavy atom. The first kappa shape index (κ1) is 12.5. The maximum Gasteiger partial charge on any atom is 0.435 e. The lowest BCUT2D eigenvalue weighted by Crippen LogP contribution is -2.13. The standard InChI is InChI=1S/C9H11F3N2O2/c1-5-6(4-7(15)16-3)8(9(10,11)12)13-14(5)2/h4H2,1-3H3. The summed E-state index contributed by atoms with van der Waals surface area (Å²) in [5, 5.41) is 3.35. The second-order valence-corrected chi connectivity index (χ2v) is 3.29. The predicted octanol–water partition coefficient (Wildman–Crippen LogP) is 1.46. The minimum absolute atomic E-state index is 0.137. The Morgan fingerprint density at radius 1 is 1.50 bits per heavy atom. The Morgan fingerprint density at radius 3 is 2.50 bits per heavy atom. The molecule has 90 valence electrons. The van der Waals surface area contributed by atoms with E-state index in [-0.39, 0.29) is 5.56 Å². The minimum Gasteiger partial charge on any atom is -0.469 e. The number of aromatic nitrogens is 2. The fourth-order valence-electron chi connectivity index (χ4n) is 1.31. The molecular weight excluding hydrogens is 225 g/mol. The van der Waals surface area contributed by atoms with E-state index in [1.807, 2.05) is 0 Å². The van der Waals surface area contributed by atoms with Gasteiger partial charge in [0.2, 0.25) is 0 Å². The van der Waals surface area contributed by atoms with Gasteiger partial charge in [-0.15, -0.1) is 0 Å². The van der Waals surface area contributed by atoms with Gasteiger partial charge in [-0.2, -0.15) is 18.3 Å². The Bertz CT molecular complexity index is 410. The SMILES string of the molecule is COC(=O)Cc1c(C(F)(F)F)nn(C)c1C. The minimum atomic E-state index is -4.56. The molecule has 0 bridgehead atoms. The van der Waals surface area contributed by atoms with E-state index in [9.17, 15) is 18.0 Å². The zero-order chi connectivity index (χ0) is 12.5. The van der Waals surface area contributed by atoms with Crippen LogP contribution in [0, 0.1) is 6.92 Å². The molecule has 1 aromatic rings. The van der Waals surface area contributed by atoms with Crippen molar-refractivity contribution in [3.8, 4) is 0 Å². The first-order chi connectivity index (χ1) is 7.27. The number of hydrogen-bond acceptors (Lipinski definition) is 3. The molecule has 0 saturated heterocycles. The van der Waals surface area contributed by atoms with Crippen LogP contribution in [0.4, 0.5) is 13.2 Å². The van der Waals surface area contributed by atoms with Crippen molar-refractivity contribution < 1.29 is 22.7 Å². The van der Waals surface area contributed by atoms with Crippen molar-refractivity contribution in [2.45, 2.75) is 19.5 Å². The monoisotopic (exact) mass is 236 g/mol. The van der Waals surface area contributed by atoms with Gasteiger partial charge in [-0.05, 0) is 6.92 Å². The van der Waals surface area contributed by atoms with Gasteiger partial charge in [-0.25, -0.2) is 0 Å². The van der Waals surface area contributed by atoms with Crippen LogP contribution in [0.3, 0.4) is 0 Å². The van der Waals surface area contributed by atoms with Gasteiger partial charge in [0, 0.05) is 18.3 Å². The normalized spacial score (nSPS) is 11.6. The van der Waals surface area contributed by atoms with Crippen molar-refractivity contribution in [3.63, 3.8) is 0 Å². The molecule has 0 aromatic carbocycles. The number of esters is 1. The van der Waals surface area contributed by atoms with Gasteiger partial charge in [0.1, 0.15) is 0 Å². The summed E-state index contributed by atoms with van der Waals surface area (Å²) in [6.07, 6.45) is -4.99. The Labute approximate surface area is 90.0 Å². The fourth-order valence-corrected chi connectivity index (χ4v) is 1.31.